The Labute approximate surface area is 203 Å². The van der Waals surface area contributed by atoms with Gasteiger partial charge in [-0.05, 0) is 12.5 Å². The first-order valence-electron chi connectivity index (χ1n) is 12.5. The molecule has 0 aromatic heterocycles. The molecule has 0 N–H and O–H groups in total. The van der Waals surface area contributed by atoms with E-state index in [2.05, 4.69) is 56.9 Å². The van der Waals surface area contributed by atoms with Crippen LogP contribution in [0.15, 0.2) is 30.3 Å². The van der Waals surface area contributed by atoms with Gasteiger partial charge in [0, 0.05) is 78.5 Å². The van der Waals surface area contributed by atoms with Crippen LogP contribution in [0.1, 0.15) is 18.9 Å². The number of carbonyl (C=O) groups excluding carboxylic acids is 2. The first-order chi connectivity index (χ1) is 16.5. The van der Waals surface area contributed by atoms with Gasteiger partial charge in [-0.2, -0.15) is 0 Å². The lowest BCUT2D eigenvalue weighted by molar-refractivity contribution is -0.141. The molecule has 3 heterocycles. The Morgan fingerprint density at radius 2 is 1.53 bits per heavy atom. The number of ether oxygens (including phenoxy) is 2. The minimum atomic E-state index is -0.201. The van der Waals surface area contributed by atoms with E-state index in [0.717, 1.165) is 65.4 Å². The van der Waals surface area contributed by atoms with E-state index in [1.165, 1.54) is 12.7 Å². The molecule has 3 aliphatic rings. The quantitative estimate of drug-likeness (QED) is 0.495. The molecular weight excluding hydrogens is 434 g/mol. The van der Waals surface area contributed by atoms with Gasteiger partial charge in [0.05, 0.1) is 19.6 Å². The van der Waals surface area contributed by atoms with Crippen molar-refractivity contribution in [1.29, 1.82) is 0 Å². The highest BCUT2D eigenvalue weighted by Crippen LogP contribution is 2.23. The number of nitrogens with zero attached hydrogens (tertiary/aromatic N) is 5. The first kappa shape index (κ1) is 24.9. The van der Waals surface area contributed by atoms with Crippen LogP contribution in [0.3, 0.4) is 0 Å². The Hall–Kier alpha value is -2.20. The molecule has 2 unspecified atom stereocenters. The maximum atomic E-state index is 12.6. The number of esters is 1. The van der Waals surface area contributed by atoms with Crippen molar-refractivity contribution in [2.45, 2.75) is 32.2 Å². The van der Waals surface area contributed by atoms with Gasteiger partial charge in [0.1, 0.15) is 0 Å². The zero-order valence-electron chi connectivity index (χ0n) is 20.6. The maximum absolute atomic E-state index is 12.6. The summed E-state index contributed by atoms with van der Waals surface area (Å²) in [5, 5.41) is 0. The van der Waals surface area contributed by atoms with E-state index in [-0.39, 0.29) is 24.3 Å². The topological polar surface area (TPSA) is 68.8 Å². The lowest BCUT2D eigenvalue weighted by Gasteiger charge is -2.38. The molecule has 3 saturated heterocycles. The van der Waals surface area contributed by atoms with Gasteiger partial charge in [0.2, 0.25) is 0 Å². The predicted octanol–water partition coefficient (Wildman–Crippen LogP) is 1.15. The highest BCUT2D eigenvalue weighted by Gasteiger charge is 2.42. The number of rotatable bonds is 9. The van der Waals surface area contributed by atoms with Crippen molar-refractivity contribution in [3.05, 3.63) is 35.9 Å². The van der Waals surface area contributed by atoms with Crippen LogP contribution >= 0.6 is 0 Å². The molecule has 9 nitrogen and oxygen atoms in total. The number of amides is 1. The lowest BCUT2D eigenvalue weighted by Crippen LogP contribution is -2.54. The lowest BCUT2D eigenvalue weighted by atomic mass is 10.2. The third-order valence-electron chi connectivity index (χ3n) is 7.36. The average molecular weight is 474 g/mol. The van der Waals surface area contributed by atoms with Gasteiger partial charge >= 0.3 is 12.1 Å². The van der Waals surface area contributed by atoms with Crippen LogP contribution in [0.4, 0.5) is 4.79 Å². The molecule has 188 valence electrons. The summed E-state index contributed by atoms with van der Waals surface area (Å²) in [5.74, 6) is -0.172. The Balaban J connectivity index is 1.17. The molecule has 0 saturated carbocycles. The number of benzene rings is 1. The van der Waals surface area contributed by atoms with Crippen molar-refractivity contribution in [2.75, 3.05) is 79.1 Å². The van der Waals surface area contributed by atoms with E-state index < -0.39 is 0 Å². The molecule has 0 radical (unpaired) electrons. The highest BCUT2D eigenvalue weighted by molar-refractivity contribution is 5.70. The van der Waals surface area contributed by atoms with Gasteiger partial charge in [0.25, 0.3) is 0 Å². The molecular formula is C25H39N5O4. The second-order valence-corrected chi connectivity index (χ2v) is 9.52. The van der Waals surface area contributed by atoms with Crippen molar-refractivity contribution in [3.8, 4) is 0 Å². The van der Waals surface area contributed by atoms with Crippen molar-refractivity contribution < 1.29 is 19.1 Å². The number of cyclic esters (lactones) is 1. The molecule has 0 aliphatic carbocycles. The summed E-state index contributed by atoms with van der Waals surface area (Å²) >= 11 is 0. The Bertz CT molecular complexity index is 794. The van der Waals surface area contributed by atoms with E-state index in [4.69, 9.17) is 9.47 Å². The largest absolute Gasteiger partial charge is 0.469 e. The second-order valence-electron chi connectivity index (χ2n) is 9.52. The molecule has 34 heavy (non-hydrogen) atoms. The molecule has 4 rings (SSSR count). The molecule has 2 atom stereocenters. The van der Waals surface area contributed by atoms with Crippen molar-refractivity contribution in [2.24, 2.45) is 0 Å². The van der Waals surface area contributed by atoms with Gasteiger partial charge in [-0.15, -0.1) is 0 Å². The maximum Gasteiger partial charge on any atom is 0.411 e. The summed E-state index contributed by atoms with van der Waals surface area (Å²) in [5.41, 5.74) is 1.36. The molecule has 0 spiro atoms. The third kappa shape index (κ3) is 6.47. The molecule has 1 aromatic rings. The number of carbonyl (C=O) groups is 2. The van der Waals surface area contributed by atoms with Crippen LogP contribution in [0.25, 0.3) is 0 Å². The summed E-state index contributed by atoms with van der Waals surface area (Å²) in [6.07, 6.45) is 0.0193. The molecule has 1 amide bonds. The molecule has 1 aromatic carbocycles. The van der Waals surface area contributed by atoms with Crippen LogP contribution in [0, 0.1) is 0 Å². The van der Waals surface area contributed by atoms with Gasteiger partial charge in [-0.25, -0.2) is 4.79 Å². The SMILES string of the molecule is COC(=O)CCN1CCN(C2OC(=O)N(CCN3CCN(Cc4ccccc4)CC3)C2C)CC1. The van der Waals surface area contributed by atoms with E-state index in [0.29, 0.717) is 19.5 Å². The van der Waals surface area contributed by atoms with Gasteiger partial charge in [0.15, 0.2) is 6.23 Å². The second kappa shape index (κ2) is 12.0. The van der Waals surface area contributed by atoms with E-state index in [1.54, 1.807) is 0 Å². The predicted molar refractivity (Wildman–Crippen MR) is 129 cm³/mol. The number of methoxy groups -OCH3 is 1. The zero-order valence-corrected chi connectivity index (χ0v) is 20.6. The number of hydrogen-bond donors (Lipinski definition) is 0. The average Bonchev–Trinajstić information content (AvgIpc) is 3.16. The van der Waals surface area contributed by atoms with Crippen molar-refractivity contribution >= 4 is 12.1 Å². The van der Waals surface area contributed by atoms with Crippen LogP contribution in [0.5, 0.6) is 0 Å². The van der Waals surface area contributed by atoms with Crippen LogP contribution in [0.2, 0.25) is 0 Å². The van der Waals surface area contributed by atoms with Crippen LogP contribution < -0.4 is 0 Å². The third-order valence-corrected chi connectivity index (χ3v) is 7.36. The van der Waals surface area contributed by atoms with Crippen LogP contribution in [-0.2, 0) is 20.8 Å². The normalized spacial score (nSPS) is 25.5. The van der Waals surface area contributed by atoms with Crippen LogP contribution in [-0.4, -0.2) is 128 Å². The van der Waals surface area contributed by atoms with Crippen molar-refractivity contribution in [3.63, 3.8) is 0 Å². The minimum absolute atomic E-state index is 0.0356. The molecule has 3 fully saturated rings. The smallest absolute Gasteiger partial charge is 0.411 e. The molecule has 0 bridgehead atoms. The van der Waals surface area contributed by atoms with E-state index in [1.807, 2.05) is 4.90 Å². The molecule has 3 aliphatic heterocycles. The number of piperazine rings is 2. The first-order valence-corrected chi connectivity index (χ1v) is 12.5. The van der Waals surface area contributed by atoms with Gasteiger partial charge < -0.3 is 14.4 Å². The van der Waals surface area contributed by atoms with Gasteiger partial charge in [-0.1, -0.05) is 30.3 Å². The number of hydrogen-bond acceptors (Lipinski definition) is 8. The fraction of sp³-hybridized carbons (Fsp3) is 0.680. The van der Waals surface area contributed by atoms with E-state index >= 15 is 0 Å². The zero-order chi connectivity index (χ0) is 23.9. The van der Waals surface area contributed by atoms with Gasteiger partial charge in [-0.3, -0.25) is 24.4 Å². The van der Waals surface area contributed by atoms with E-state index in [9.17, 15) is 9.59 Å². The fourth-order valence-electron chi connectivity index (χ4n) is 5.12. The summed E-state index contributed by atoms with van der Waals surface area (Å²) in [4.78, 5) is 35.4. The Kier molecular flexibility index (Phi) is 8.77. The Morgan fingerprint density at radius 1 is 0.912 bits per heavy atom. The summed E-state index contributed by atoms with van der Waals surface area (Å²) in [6.45, 7) is 13.0. The summed E-state index contributed by atoms with van der Waals surface area (Å²) < 4.78 is 10.5. The summed E-state index contributed by atoms with van der Waals surface area (Å²) in [6, 6.07) is 10.7. The standard InChI is InChI=1S/C25H39N5O4/c1-21-24(29-17-14-26(15-18-29)9-8-23(31)33-2)34-25(32)30(21)19-16-27-10-12-28(13-11-27)20-22-6-4-3-5-7-22/h3-7,21,24H,8-20H2,1-2H3. The Morgan fingerprint density at radius 3 is 2.21 bits per heavy atom. The minimum Gasteiger partial charge on any atom is -0.469 e. The summed E-state index contributed by atoms with van der Waals surface area (Å²) in [7, 11) is 1.42. The molecule has 9 heteroatoms. The highest BCUT2D eigenvalue weighted by atomic mass is 16.6. The monoisotopic (exact) mass is 473 g/mol. The fourth-order valence-corrected chi connectivity index (χ4v) is 5.12. The van der Waals surface area contributed by atoms with Crippen molar-refractivity contribution in [1.82, 2.24) is 24.5 Å².